The molecule has 0 bridgehead atoms. The molecule has 6 heteroatoms. The van der Waals surface area contributed by atoms with Crippen molar-refractivity contribution < 1.29 is 4.92 Å². The second-order valence-corrected chi connectivity index (χ2v) is 3.78. The summed E-state index contributed by atoms with van der Waals surface area (Å²) in [6.45, 7) is 0. The van der Waals surface area contributed by atoms with Gasteiger partial charge in [0.15, 0.2) is 0 Å². The predicted octanol–water partition coefficient (Wildman–Crippen LogP) is 2.27. The first-order valence-corrected chi connectivity index (χ1v) is 5.16. The molecule has 0 atom stereocenters. The summed E-state index contributed by atoms with van der Waals surface area (Å²) in [7, 11) is 0. The van der Waals surface area contributed by atoms with Crippen molar-refractivity contribution >= 4 is 22.4 Å². The molecule has 0 saturated heterocycles. The summed E-state index contributed by atoms with van der Waals surface area (Å²) in [6.07, 6.45) is 1.55. The Labute approximate surface area is 101 Å². The lowest BCUT2D eigenvalue weighted by Gasteiger charge is -1.97. The largest absolute Gasteiger partial charge is 0.313 e. The van der Waals surface area contributed by atoms with E-state index in [-0.39, 0.29) is 16.9 Å². The van der Waals surface area contributed by atoms with Crippen molar-refractivity contribution in [2.75, 3.05) is 0 Å². The Morgan fingerprint density at radius 1 is 1.39 bits per heavy atom. The zero-order valence-corrected chi connectivity index (χ0v) is 9.07. The summed E-state index contributed by atoms with van der Waals surface area (Å²) < 4.78 is 1.58. The third-order valence-corrected chi connectivity index (χ3v) is 2.71. The molecule has 0 saturated carbocycles. The number of nitro groups is 1. The summed E-state index contributed by atoms with van der Waals surface area (Å²) in [5.41, 5.74) is 1.73. The zero-order valence-electron chi connectivity index (χ0n) is 9.07. The van der Waals surface area contributed by atoms with Crippen LogP contribution in [0, 0.1) is 21.4 Å². The average molecular weight is 238 g/mol. The van der Waals surface area contributed by atoms with Gasteiger partial charge in [0, 0.05) is 12.3 Å². The van der Waals surface area contributed by atoms with Crippen LogP contribution in [0.1, 0.15) is 5.56 Å². The number of rotatable bonds is 1. The van der Waals surface area contributed by atoms with Crippen LogP contribution in [0.4, 0.5) is 5.69 Å². The van der Waals surface area contributed by atoms with Crippen LogP contribution in [0.2, 0.25) is 0 Å². The van der Waals surface area contributed by atoms with Gasteiger partial charge in [-0.1, -0.05) is 12.1 Å². The molecule has 2 heterocycles. The topological polar surface area (TPSA) is 84.2 Å². The molecule has 6 nitrogen and oxygen atoms in total. The number of fused-ring (bicyclic) bond motifs is 3. The maximum atomic E-state index is 11.0. The van der Waals surface area contributed by atoms with Crippen LogP contribution in [0.25, 0.3) is 16.7 Å². The van der Waals surface area contributed by atoms with Crippen molar-refractivity contribution in [1.29, 1.82) is 5.26 Å². The molecule has 0 spiro atoms. The minimum atomic E-state index is -0.526. The Balaban J connectivity index is 2.55. The number of imidazole rings is 1. The van der Waals surface area contributed by atoms with Crippen molar-refractivity contribution in [3.8, 4) is 6.07 Å². The summed E-state index contributed by atoms with van der Waals surface area (Å²) in [5, 5.41) is 19.9. The normalized spacial score (nSPS) is 10.6. The molecule has 0 aliphatic carbocycles. The van der Waals surface area contributed by atoms with E-state index in [9.17, 15) is 10.1 Å². The van der Waals surface area contributed by atoms with Gasteiger partial charge in [0.1, 0.15) is 6.07 Å². The molecule has 0 amide bonds. The van der Waals surface area contributed by atoms with Crippen LogP contribution in [0.3, 0.4) is 0 Å². The van der Waals surface area contributed by atoms with E-state index in [4.69, 9.17) is 5.26 Å². The summed E-state index contributed by atoms with van der Waals surface area (Å²) in [5.74, 6) is 0. The molecule has 0 aliphatic heterocycles. The molecule has 86 valence electrons. The minimum absolute atomic E-state index is 0.162. The number of nitrogens with zero attached hydrogens (tertiary/aromatic N) is 4. The van der Waals surface area contributed by atoms with Gasteiger partial charge >= 0.3 is 5.69 Å². The number of aromatic nitrogens is 2. The second-order valence-electron chi connectivity index (χ2n) is 3.78. The minimum Gasteiger partial charge on any atom is -0.293 e. The van der Waals surface area contributed by atoms with E-state index in [2.05, 4.69) is 4.98 Å². The molecular formula is C12H6N4O2. The number of hydrogen-bond acceptors (Lipinski definition) is 4. The highest BCUT2D eigenvalue weighted by Crippen LogP contribution is 2.25. The van der Waals surface area contributed by atoms with Gasteiger partial charge in [0.05, 0.1) is 21.5 Å². The van der Waals surface area contributed by atoms with Gasteiger partial charge in [-0.3, -0.25) is 14.5 Å². The molecule has 0 aliphatic rings. The molecule has 0 radical (unpaired) electrons. The van der Waals surface area contributed by atoms with Crippen LogP contribution in [0.5, 0.6) is 0 Å². The lowest BCUT2D eigenvalue weighted by atomic mass is 10.2. The lowest BCUT2D eigenvalue weighted by molar-refractivity contribution is -0.383. The third-order valence-electron chi connectivity index (χ3n) is 2.71. The molecule has 0 fully saturated rings. The fourth-order valence-electron chi connectivity index (χ4n) is 1.94. The summed E-state index contributed by atoms with van der Waals surface area (Å²) in [6, 6.07) is 10.4. The number of nitriles is 1. The average Bonchev–Trinajstić information content (AvgIpc) is 2.75. The quantitative estimate of drug-likeness (QED) is 0.480. The standard InChI is InChI=1S/C12H6N4O2/c13-6-8-5-11(16(17)18)12-14-9-3-1-2-4-10(9)15(12)7-8/h1-5,7H. The highest BCUT2D eigenvalue weighted by Gasteiger charge is 2.18. The van der Waals surface area contributed by atoms with Gasteiger partial charge in [-0.15, -0.1) is 0 Å². The Kier molecular flexibility index (Phi) is 2.01. The summed E-state index contributed by atoms with van der Waals surface area (Å²) >= 11 is 0. The van der Waals surface area contributed by atoms with E-state index in [1.165, 1.54) is 6.07 Å². The fourth-order valence-corrected chi connectivity index (χ4v) is 1.94. The Morgan fingerprint density at radius 2 is 2.17 bits per heavy atom. The third kappa shape index (κ3) is 1.31. The van der Waals surface area contributed by atoms with Gasteiger partial charge in [-0.25, -0.2) is 4.98 Å². The highest BCUT2D eigenvalue weighted by atomic mass is 16.6. The van der Waals surface area contributed by atoms with E-state index in [0.717, 1.165) is 5.52 Å². The number of pyridine rings is 1. The van der Waals surface area contributed by atoms with Crippen LogP contribution >= 0.6 is 0 Å². The molecule has 0 N–H and O–H groups in total. The van der Waals surface area contributed by atoms with Crippen LogP contribution in [0.15, 0.2) is 36.5 Å². The van der Waals surface area contributed by atoms with Crippen molar-refractivity contribution in [3.63, 3.8) is 0 Å². The number of para-hydroxylation sites is 2. The SMILES string of the molecule is N#Cc1cc([N+](=O)[O-])c2nc3ccccc3n2c1. The maximum absolute atomic E-state index is 11.0. The fraction of sp³-hybridized carbons (Fsp3) is 0. The van der Waals surface area contributed by atoms with Crippen molar-refractivity contribution in [3.05, 3.63) is 52.2 Å². The molecule has 18 heavy (non-hydrogen) atoms. The smallest absolute Gasteiger partial charge is 0.293 e. The number of benzene rings is 1. The first-order valence-electron chi connectivity index (χ1n) is 5.16. The Hall–Kier alpha value is -2.94. The molecule has 0 unspecified atom stereocenters. The van der Waals surface area contributed by atoms with Gasteiger partial charge in [-0.2, -0.15) is 5.26 Å². The monoisotopic (exact) mass is 238 g/mol. The van der Waals surface area contributed by atoms with E-state index in [1.54, 1.807) is 22.7 Å². The van der Waals surface area contributed by atoms with Crippen molar-refractivity contribution in [2.45, 2.75) is 0 Å². The Morgan fingerprint density at radius 3 is 2.89 bits per heavy atom. The van der Waals surface area contributed by atoms with Gasteiger partial charge in [-0.05, 0) is 12.1 Å². The number of hydrogen-bond donors (Lipinski definition) is 0. The van der Waals surface area contributed by atoms with Gasteiger partial charge in [0.2, 0.25) is 5.65 Å². The lowest BCUT2D eigenvalue weighted by Crippen LogP contribution is -1.95. The highest BCUT2D eigenvalue weighted by molar-refractivity contribution is 5.83. The molecule has 2 aromatic heterocycles. The first kappa shape index (κ1) is 10.2. The van der Waals surface area contributed by atoms with Crippen molar-refractivity contribution in [2.24, 2.45) is 0 Å². The van der Waals surface area contributed by atoms with Crippen LogP contribution in [-0.2, 0) is 0 Å². The van der Waals surface area contributed by atoms with E-state index in [0.29, 0.717) is 5.52 Å². The van der Waals surface area contributed by atoms with Crippen molar-refractivity contribution in [1.82, 2.24) is 9.38 Å². The van der Waals surface area contributed by atoms with E-state index >= 15 is 0 Å². The van der Waals surface area contributed by atoms with E-state index in [1.807, 2.05) is 18.2 Å². The Bertz CT molecular complexity index is 829. The van der Waals surface area contributed by atoms with Gasteiger partial charge < -0.3 is 0 Å². The molecular weight excluding hydrogens is 232 g/mol. The molecule has 1 aromatic carbocycles. The zero-order chi connectivity index (χ0) is 12.7. The van der Waals surface area contributed by atoms with Crippen LogP contribution in [-0.4, -0.2) is 14.3 Å². The molecule has 3 rings (SSSR count). The summed E-state index contributed by atoms with van der Waals surface area (Å²) in [4.78, 5) is 14.7. The maximum Gasteiger partial charge on any atom is 0.313 e. The first-order chi connectivity index (χ1) is 8.70. The second kappa shape index (κ2) is 3.53. The van der Waals surface area contributed by atoms with Crippen LogP contribution < -0.4 is 0 Å². The molecule has 3 aromatic rings. The van der Waals surface area contributed by atoms with Gasteiger partial charge in [0.25, 0.3) is 0 Å². The van der Waals surface area contributed by atoms with E-state index < -0.39 is 4.92 Å². The predicted molar refractivity (Wildman–Crippen MR) is 64.1 cm³/mol.